The quantitative estimate of drug-likeness (QED) is 0.828. The molecule has 0 bridgehead atoms. The van der Waals surface area contributed by atoms with Gasteiger partial charge in [-0.2, -0.15) is 5.26 Å². The second-order valence-corrected chi connectivity index (χ2v) is 4.82. The molecule has 6 heteroatoms. The van der Waals surface area contributed by atoms with Crippen LogP contribution in [0.25, 0.3) is 0 Å². The van der Waals surface area contributed by atoms with Crippen LogP contribution >= 0.6 is 0 Å². The fraction of sp³-hybridized carbons (Fsp3) is 0.429. The maximum absolute atomic E-state index is 13.4. The van der Waals surface area contributed by atoms with Crippen molar-refractivity contribution in [1.82, 2.24) is 4.90 Å². The number of carbonyl (C=O) groups is 1. The number of likely N-dealkylation sites (tertiary alicyclic amines) is 1. The molecule has 1 aliphatic heterocycles. The standard InChI is InChI=1S/C14H15FN2O3/c1-20-14(19)13-5-12(18)8-17(13)7-10-2-9(6-16)3-11(15)4-10/h2-4,12-13,18H,5,7-8H2,1H3. The number of β-amino-alcohol motifs (C(OH)–C–C–N with tert-alkyl or cyclic N) is 1. The molecule has 1 heterocycles. The lowest BCUT2D eigenvalue weighted by molar-refractivity contribution is -0.146. The van der Waals surface area contributed by atoms with Crippen molar-refractivity contribution >= 4 is 5.97 Å². The third-order valence-electron chi connectivity index (χ3n) is 3.33. The Bertz CT molecular complexity index is 556. The number of carbonyl (C=O) groups excluding carboxylic acids is 1. The van der Waals surface area contributed by atoms with E-state index in [1.807, 2.05) is 6.07 Å². The minimum absolute atomic E-state index is 0.231. The summed E-state index contributed by atoms with van der Waals surface area (Å²) in [5.74, 6) is -0.910. The molecule has 0 spiro atoms. The van der Waals surface area contributed by atoms with E-state index in [9.17, 15) is 14.3 Å². The van der Waals surface area contributed by atoms with Gasteiger partial charge in [-0.3, -0.25) is 9.69 Å². The summed E-state index contributed by atoms with van der Waals surface area (Å²) < 4.78 is 18.1. The van der Waals surface area contributed by atoms with Gasteiger partial charge in [0.1, 0.15) is 11.9 Å². The Balaban J connectivity index is 2.18. The van der Waals surface area contributed by atoms with E-state index in [4.69, 9.17) is 10.00 Å². The molecule has 0 aromatic heterocycles. The van der Waals surface area contributed by atoms with E-state index in [-0.39, 0.29) is 12.1 Å². The van der Waals surface area contributed by atoms with Crippen molar-refractivity contribution in [3.05, 3.63) is 35.1 Å². The van der Waals surface area contributed by atoms with Gasteiger partial charge in [-0.25, -0.2) is 4.39 Å². The maximum atomic E-state index is 13.4. The maximum Gasteiger partial charge on any atom is 0.323 e. The number of aliphatic hydroxyl groups excluding tert-OH is 1. The van der Waals surface area contributed by atoms with E-state index in [0.29, 0.717) is 18.5 Å². The molecule has 2 unspecified atom stereocenters. The van der Waals surface area contributed by atoms with Crippen LogP contribution in [-0.4, -0.2) is 41.8 Å². The average Bonchev–Trinajstić information content (AvgIpc) is 2.77. The number of halogens is 1. The van der Waals surface area contributed by atoms with E-state index >= 15 is 0 Å². The highest BCUT2D eigenvalue weighted by Gasteiger charge is 2.36. The van der Waals surface area contributed by atoms with Gasteiger partial charge in [-0.15, -0.1) is 0 Å². The third-order valence-corrected chi connectivity index (χ3v) is 3.33. The van der Waals surface area contributed by atoms with Gasteiger partial charge >= 0.3 is 5.97 Å². The molecule has 1 aliphatic rings. The second-order valence-electron chi connectivity index (χ2n) is 4.82. The number of benzene rings is 1. The second kappa shape index (κ2) is 5.99. The van der Waals surface area contributed by atoms with Crippen LogP contribution in [0.1, 0.15) is 17.5 Å². The molecule has 0 amide bonds. The minimum Gasteiger partial charge on any atom is -0.468 e. The summed E-state index contributed by atoms with van der Waals surface area (Å²) in [6.45, 7) is 0.599. The van der Waals surface area contributed by atoms with Crippen LogP contribution in [0.4, 0.5) is 4.39 Å². The molecule has 1 aromatic rings. The number of ether oxygens (including phenoxy) is 1. The predicted octanol–water partition coefficient (Wildman–Crippen LogP) is 0.806. The van der Waals surface area contributed by atoms with Gasteiger partial charge in [-0.05, 0) is 23.8 Å². The van der Waals surface area contributed by atoms with Crippen LogP contribution in [0.3, 0.4) is 0 Å². The minimum atomic E-state index is -0.608. The van der Waals surface area contributed by atoms with E-state index < -0.39 is 23.9 Å². The molecule has 0 aliphatic carbocycles. The van der Waals surface area contributed by atoms with Crippen molar-refractivity contribution in [2.24, 2.45) is 0 Å². The highest BCUT2D eigenvalue weighted by atomic mass is 19.1. The fourth-order valence-corrected chi connectivity index (χ4v) is 2.48. The lowest BCUT2D eigenvalue weighted by Crippen LogP contribution is -2.36. The number of aliphatic hydroxyl groups is 1. The zero-order chi connectivity index (χ0) is 14.7. The van der Waals surface area contributed by atoms with Gasteiger partial charge in [0.25, 0.3) is 0 Å². The van der Waals surface area contributed by atoms with Crippen molar-refractivity contribution in [3.8, 4) is 6.07 Å². The van der Waals surface area contributed by atoms with Crippen LogP contribution in [0.2, 0.25) is 0 Å². The molecule has 0 radical (unpaired) electrons. The first-order valence-corrected chi connectivity index (χ1v) is 6.23. The molecular formula is C14H15FN2O3. The molecule has 0 saturated carbocycles. The van der Waals surface area contributed by atoms with Gasteiger partial charge in [0, 0.05) is 19.5 Å². The Labute approximate surface area is 116 Å². The van der Waals surface area contributed by atoms with Crippen LogP contribution in [0.5, 0.6) is 0 Å². The van der Waals surface area contributed by atoms with E-state index in [1.165, 1.54) is 13.2 Å². The van der Waals surface area contributed by atoms with E-state index in [2.05, 4.69) is 0 Å². The van der Waals surface area contributed by atoms with Crippen molar-refractivity contribution < 1.29 is 19.0 Å². The highest BCUT2D eigenvalue weighted by molar-refractivity contribution is 5.76. The highest BCUT2D eigenvalue weighted by Crippen LogP contribution is 2.22. The molecule has 1 saturated heterocycles. The predicted molar refractivity (Wildman–Crippen MR) is 68.0 cm³/mol. The Kier molecular flexibility index (Phi) is 4.32. The van der Waals surface area contributed by atoms with Crippen LogP contribution < -0.4 is 0 Å². The zero-order valence-electron chi connectivity index (χ0n) is 11.0. The average molecular weight is 278 g/mol. The Morgan fingerprint density at radius 3 is 3.00 bits per heavy atom. The van der Waals surface area contributed by atoms with Gasteiger partial charge in [0.2, 0.25) is 0 Å². The number of nitriles is 1. The fourth-order valence-electron chi connectivity index (χ4n) is 2.48. The molecule has 20 heavy (non-hydrogen) atoms. The molecule has 106 valence electrons. The first-order chi connectivity index (χ1) is 9.53. The first-order valence-electron chi connectivity index (χ1n) is 6.23. The van der Waals surface area contributed by atoms with Gasteiger partial charge in [0.05, 0.1) is 24.8 Å². The number of rotatable bonds is 3. The summed E-state index contributed by atoms with van der Waals surface area (Å²) in [6, 6.07) is 5.39. The van der Waals surface area contributed by atoms with Crippen molar-refractivity contribution in [2.45, 2.75) is 25.1 Å². The molecule has 5 nitrogen and oxygen atoms in total. The molecule has 2 atom stereocenters. The Hall–Kier alpha value is -1.97. The summed E-state index contributed by atoms with van der Waals surface area (Å²) in [5, 5.41) is 18.5. The van der Waals surface area contributed by atoms with Crippen LogP contribution in [0.15, 0.2) is 18.2 Å². The monoisotopic (exact) mass is 278 g/mol. The molecule has 1 aromatic carbocycles. The lowest BCUT2D eigenvalue weighted by Gasteiger charge is -2.22. The Morgan fingerprint density at radius 1 is 1.60 bits per heavy atom. The van der Waals surface area contributed by atoms with Crippen molar-refractivity contribution in [3.63, 3.8) is 0 Å². The van der Waals surface area contributed by atoms with E-state index in [1.54, 1.807) is 11.0 Å². The molecule has 1 fully saturated rings. The van der Waals surface area contributed by atoms with Gasteiger partial charge < -0.3 is 9.84 Å². The molecular weight excluding hydrogens is 263 g/mol. The summed E-state index contributed by atoms with van der Waals surface area (Å²) in [6.07, 6.45) is -0.310. The summed E-state index contributed by atoms with van der Waals surface area (Å²) in [5.41, 5.74) is 0.818. The zero-order valence-corrected chi connectivity index (χ0v) is 11.0. The molecule has 2 rings (SSSR count). The summed E-state index contributed by atoms with van der Waals surface area (Å²) >= 11 is 0. The van der Waals surface area contributed by atoms with Crippen molar-refractivity contribution in [1.29, 1.82) is 5.26 Å². The number of hydrogen-bond acceptors (Lipinski definition) is 5. The third kappa shape index (κ3) is 3.13. The number of methoxy groups -OCH3 is 1. The number of hydrogen-bond donors (Lipinski definition) is 1. The number of nitrogens with zero attached hydrogens (tertiary/aromatic N) is 2. The normalized spacial score (nSPS) is 22.5. The van der Waals surface area contributed by atoms with Gasteiger partial charge in [0.15, 0.2) is 0 Å². The Morgan fingerprint density at radius 2 is 2.35 bits per heavy atom. The van der Waals surface area contributed by atoms with E-state index in [0.717, 1.165) is 6.07 Å². The first kappa shape index (κ1) is 14.4. The topological polar surface area (TPSA) is 73.6 Å². The molecule has 1 N–H and O–H groups in total. The number of esters is 1. The summed E-state index contributed by atoms with van der Waals surface area (Å²) in [7, 11) is 1.29. The lowest BCUT2D eigenvalue weighted by atomic mass is 10.1. The van der Waals surface area contributed by atoms with Crippen LogP contribution in [-0.2, 0) is 16.1 Å². The SMILES string of the molecule is COC(=O)C1CC(O)CN1Cc1cc(F)cc(C#N)c1. The largest absolute Gasteiger partial charge is 0.468 e. The van der Waals surface area contributed by atoms with Crippen molar-refractivity contribution in [2.75, 3.05) is 13.7 Å². The van der Waals surface area contributed by atoms with Crippen LogP contribution in [0, 0.1) is 17.1 Å². The summed E-state index contributed by atoms with van der Waals surface area (Å²) in [4.78, 5) is 13.4. The smallest absolute Gasteiger partial charge is 0.323 e. The van der Waals surface area contributed by atoms with Gasteiger partial charge in [-0.1, -0.05) is 0 Å².